The van der Waals surface area contributed by atoms with E-state index in [-0.39, 0.29) is 27.6 Å². The van der Waals surface area contributed by atoms with Crippen molar-refractivity contribution in [1.82, 2.24) is 0 Å². The van der Waals surface area contributed by atoms with Crippen LogP contribution in [-0.2, 0) is 21.3 Å². The molecule has 200 valence electrons. The first-order chi connectivity index (χ1) is 18.7. The van der Waals surface area contributed by atoms with Crippen LogP contribution in [0.3, 0.4) is 0 Å². The highest BCUT2D eigenvalue weighted by atomic mass is 32.2. The quantitative estimate of drug-likeness (QED) is 0.181. The van der Waals surface area contributed by atoms with Gasteiger partial charge in [0.2, 0.25) is 0 Å². The number of anilines is 2. The molecule has 0 saturated heterocycles. The molecule has 0 fully saturated rings. The lowest BCUT2D eigenvalue weighted by Gasteiger charge is -2.21. The molecule has 0 spiro atoms. The van der Waals surface area contributed by atoms with E-state index in [1.807, 2.05) is 49.2 Å². The van der Waals surface area contributed by atoms with Crippen molar-refractivity contribution in [2.45, 2.75) is 18.4 Å². The molecule has 4 aromatic carbocycles. The first-order valence-electron chi connectivity index (χ1n) is 11.9. The van der Waals surface area contributed by atoms with Gasteiger partial charge in [-0.2, -0.15) is 0 Å². The van der Waals surface area contributed by atoms with Crippen LogP contribution in [0.4, 0.5) is 17.1 Å². The number of ether oxygens (including phenoxy) is 2. The fourth-order valence-corrected chi connectivity index (χ4v) is 4.98. The average molecular weight is 546 g/mol. The molecule has 0 unspecified atom stereocenters. The highest BCUT2D eigenvalue weighted by Crippen LogP contribution is 2.35. The normalized spacial score (nSPS) is 10.9. The largest absolute Gasteiger partial charge is 0.465 e. The van der Waals surface area contributed by atoms with Crippen LogP contribution in [0.15, 0.2) is 101 Å². The number of benzene rings is 4. The molecule has 4 aromatic rings. The van der Waals surface area contributed by atoms with Crippen LogP contribution in [0.2, 0.25) is 0 Å². The summed E-state index contributed by atoms with van der Waals surface area (Å²) in [7, 11) is -0.918. The number of carbonyl (C=O) groups is 1. The lowest BCUT2D eigenvalue weighted by Crippen LogP contribution is -2.16. The molecule has 0 atom stereocenters. The van der Waals surface area contributed by atoms with Gasteiger partial charge in [-0.3, -0.25) is 4.72 Å². The molecule has 0 bridgehead atoms. The minimum atomic E-state index is -3.96. The van der Waals surface area contributed by atoms with Crippen molar-refractivity contribution in [3.05, 3.63) is 113 Å². The van der Waals surface area contributed by atoms with Gasteiger partial charge in [0.1, 0.15) is 17.2 Å². The zero-order chi connectivity index (χ0) is 28.0. The summed E-state index contributed by atoms with van der Waals surface area (Å²) >= 11 is 0. The van der Waals surface area contributed by atoms with Crippen LogP contribution in [0.5, 0.6) is 11.5 Å². The molecule has 0 saturated carbocycles. The molecule has 0 aliphatic rings. The van der Waals surface area contributed by atoms with Gasteiger partial charge in [0.05, 0.1) is 28.9 Å². The molecule has 0 heterocycles. The number of esters is 1. The summed E-state index contributed by atoms with van der Waals surface area (Å²) in [6.07, 6.45) is 0. The lowest BCUT2D eigenvalue weighted by molar-refractivity contribution is 0.0601. The average Bonchev–Trinajstić information content (AvgIpc) is 2.94. The zero-order valence-corrected chi connectivity index (χ0v) is 22.4. The van der Waals surface area contributed by atoms with Gasteiger partial charge in [-0.1, -0.05) is 48.0 Å². The molecule has 1 N–H and O–H groups in total. The van der Waals surface area contributed by atoms with E-state index in [1.165, 1.54) is 37.4 Å². The fraction of sp³-hybridized carbons (Fsp3) is 0.138. The van der Waals surface area contributed by atoms with Crippen molar-refractivity contribution < 1.29 is 22.7 Å². The summed E-state index contributed by atoms with van der Waals surface area (Å²) in [4.78, 5) is 25.9. The molecule has 0 aromatic heterocycles. The van der Waals surface area contributed by atoms with Crippen molar-refractivity contribution >= 4 is 33.1 Å². The molecule has 0 radical (unpaired) electrons. The number of methoxy groups -OCH3 is 1. The molecular formula is C29H27N3O6S. The van der Waals surface area contributed by atoms with Crippen LogP contribution in [-0.4, -0.2) is 28.5 Å². The van der Waals surface area contributed by atoms with Crippen molar-refractivity contribution in [2.24, 2.45) is 5.18 Å². The number of aryl methyl sites for hydroxylation is 1. The second-order valence-corrected chi connectivity index (χ2v) is 10.5. The van der Waals surface area contributed by atoms with E-state index in [0.29, 0.717) is 18.0 Å². The third-order valence-corrected chi connectivity index (χ3v) is 7.31. The summed E-state index contributed by atoms with van der Waals surface area (Å²) in [6.45, 7) is 2.39. The highest BCUT2D eigenvalue weighted by Gasteiger charge is 2.21. The van der Waals surface area contributed by atoms with Gasteiger partial charge in [0.25, 0.3) is 10.0 Å². The van der Waals surface area contributed by atoms with E-state index in [0.717, 1.165) is 11.1 Å². The standard InChI is InChI=1S/C29H27N3O6S/c1-20-9-13-24(14-10-20)39(35,36)31-26-15-11-22(17-25(26)29(33)37-3)38-23-12-16-27(30-34)28(18-23)32(2)19-21-7-5-4-6-8-21/h4-18,31H,19H2,1-3H3. The van der Waals surface area contributed by atoms with Crippen LogP contribution >= 0.6 is 0 Å². The zero-order valence-electron chi connectivity index (χ0n) is 21.6. The van der Waals surface area contributed by atoms with E-state index in [9.17, 15) is 18.1 Å². The van der Waals surface area contributed by atoms with Crippen molar-refractivity contribution in [3.63, 3.8) is 0 Å². The Bertz CT molecular complexity index is 1590. The SMILES string of the molecule is COC(=O)c1cc(Oc2ccc(N=O)c(N(C)Cc3ccccc3)c2)ccc1NS(=O)(=O)c1ccc(C)cc1. The van der Waals surface area contributed by atoms with Crippen LogP contribution in [0.1, 0.15) is 21.5 Å². The molecule has 0 aliphatic heterocycles. The Morgan fingerprint density at radius 2 is 1.59 bits per heavy atom. The number of nitrogens with one attached hydrogen (secondary N) is 1. The predicted octanol–water partition coefficient (Wildman–Crippen LogP) is 6.41. The maximum Gasteiger partial charge on any atom is 0.340 e. The number of rotatable bonds is 10. The minimum Gasteiger partial charge on any atom is -0.465 e. The number of sulfonamides is 1. The Hall–Kier alpha value is -4.70. The molecule has 39 heavy (non-hydrogen) atoms. The second-order valence-electron chi connectivity index (χ2n) is 8.80. The number of carbonyl (C=O) groups excluding carboxylic acids is 1. The fourth-order valence-electron chi connectivity index (χ4n) is 3.90. The molecule has 9 nitrogen and oxygen atoms in total. The third-order valence-electron chi connectivity index (χ3n) is 5.93. The first-order valence-corrected chi connectivity index (χ1v) is 13.4. The van der Waals surface area contributed by atoms with Crippen molar-refractivity contribution in [3.8, 4) is 11.5 Å². The summed E-state index contributed by atoms with van der Waals surface area (Å²) in [5.41, 5.74) is 2.78. The lowest BCUT2D eigenvalue weighted by atomic mass is 10.1. The van der Waals surface area contributed by atoms with Crippen molar-refractivity contribution in [1.29, 1.82) is 0 Å². The van der Waals surface area contributed by atoms with Gasteiger partial charge in [0.15, 0.2) is 0 Å². The first kappa shape index (κ1) is 27.3. The Balaban J connectivity index is 1.61. The van der Waals surface area contributed by atoms with E-state index in [2.05, 4.69) is 9.90 Å². The number of nitrogens with zero attached hydrogens (tertiary/aromatic N) is 2. The smallest absolute Gasteiger partial charge is 0.340 e. The molecule has 0 aliphatic carbocycles. The van der Waals surface area contributed by atoms with E-state index < -0.39 is 16.0 Å². The maximum absolute atomic E-state index is 12.9. The Morgan fingerprint density at radius 3 is 2.26 bits per heavy atom. The van der Waals surface area contributed by atoms with Gasteiger partial charge in [0, 0.05) is 19.7 Å². The second kappa shape index (κ2) is 11.8. The van der Waals surface area contributed by atoms with Crippen molar-refractivity contribution in [2.75, 3.05) is 23.8 Å². The number of nitroso groups, excluding NO2 is 1. The molecular weight excluding hydrogens is 518 g/mol. The van der Waals surface area contributed by atoms with Gasteiger partial charge >= 0.3 is 5.97 Å². The van der Waals surface area contributed by atoms with Gasteiger partial charge in [-0.25, -0.2) is 13.2 Å². The molecule has 4 rings (SSSR count). The predicted molar refractivity (Wildman–Crippen MR) is 150 cm³/mol. The van der Waals surface area contributed by atoms with E-state index in [1.54, 1.807) is 30.3 Å². The van der Waals surface area contributed by atoms with Crippen LogP contribution in [0.25, 0.3) is 0 Å². The highest BCUT2D eigenvalue weighted by molar-refractivity contribution is 7.92. The molecule has 0 amide bonds. The topological polar surface area (TPSA) is 114 Å². The summed E-state index contributed by atoms with van der Waals surface area (Å²) in [5.74, 6) is -0.0934. The van der Waals surface area contributed by atoms with Crippen LogP contribution < -0.4 is 14.4 Å². The summed E-state index contributed by atoms with van der Waals surface area (Å²) in [5, 5.41) is 3.13. The van der Waals surface area contributed by atoms with Crippen LogP contribution in [0, 0.1) is 11.8 Å². The van der Waals surface area contributed by atoms with E-state index >= 15 is 0 Å². The minimum absolute atomic E-state index is 0.0294. The molecule has 10 heteroatoms. The Kier molecular flexibility index (Phi) is 8.26. The number of hydrogen-bond donors (Lipinski definition) is 1. The summed E-state index contributed by atoms with van der Waals surface area (Å²) < 4.78 is 39.1. The Morgan fingerprint density at radius 1 is 0.923 bits per heavy atom. The third kappa shape index (κ3) is 6.60. The maximum atomic E-state index is 12.9. The monoisotopic (exact) mass is 545 g/mol. The van der Waals surface area contributed by atoms with Gasteiger partial charge < -0.3 is 14.4 Å². The van der Waals surface area contributed by atoms with Gasteiger partial charge in [-0.05, 0) is 60.1 Å². The summed E-state index contributed by atoms with van der Waals surface area (Å²) in [6, 6.07) is 25.2. The number of hydrogen-bond acceptors (Lipinski definition) is 8. The Labute approximate surface area is 227 Å². The van der Waals surface area contributed by atoms with E-state index in [4.69, 9.17) is 9.47 Å². The van der Waals surface area contributed by atoms with Gasteiger partial charge in [-0.15, -0.1) is 4.91 Å².